The van der Waals surface area contributed by atoms with Crippen LogP contribution in [0.5, 0.6) is 5.75 Å². The molecule has 0 aliphatic rings. The molecule has 0 radical (unpaired) electrons. The van der Waals surface area contributed by atoms with Gasteiger partial charge < -0.3 is 10.5 Å². The highest BCUT2D eigenvalue weighted by Crippen LogP contribution is 2.24. The Morgan fingerprint density at radius 1 is 1.40 bits per heavy atom. The molecule has 86 valence electrons. The first-order valence-electron chi connectivity index (χ1n) is 5.09. The van der Waals surface area contributed by atoms with Crippen LogP contribution in [-0.2, 0) is 0 Å². The molecule has 0 aliphatic heterocycles. The topological polar surface area (TPSA) is 35.2 Å². The largest absolute Gasteiger partial charge is 0.496 e. The minimum Gasteiger partial charge on any atom is -0.496 e. The Morgan fingerprint density at radius 2 is 2.07 bits per heavy atom. The fraction of sp³-hybridized carbons (Fsp3) is 0.500. The molecule has 3 heteroatoms. The summed E-state index contributed by atoms with van der Waals surface area (Å²) < 4.78 is 5.26. The summed E-state index contributed by atoms with van der Waals surface area (Å²) in [6.07, 6.45) is 2.13. The Hall–Kier alpha value is -0.730. The van der Waals surface area contributed by atoms with Crippen molar-refractivity contribution in [3.63, 3.8) is 0 Å². The molecular formula is C12H20ClNO. The Bertz CT molecular complexity index is 302. The highest BCUT2D eigenvalue weighted by atomic mass is 35.5. The molecule has 0 aliphatic carbocycles. The van der Waals surface area contributed by atoms with Crippen LogP contribution >= 0.6 is 12.4 Å². The Kier molecular flexibility index (Phi) is 6.37. The number of halogens is 1. The fourth-order valence-corrected chi connectivity index (χ4v) is 1.54. The lowest BCUT2D eigenvalue weighted by molar-refractivity contribution is 0.410. The third-order valence-electron chi connectivity index (χ3n) is 2.46. The van der Waals surface area contributed by atoms with Crippen molar-refractivity contribution in [2.45, 2.75) is 32.7 Å². The highest BCUT2D eigenvalue weighted by Gasteiger charge is 2.07. The van der Waals surface area contributed by atoms with Gasteiger partial charge in [-0.25, -0.2) is 0 Å². The van der Waals surface area contributed by atoms with Gasteiger partial charge in [-0.15, -0.1) is 12.4 Å². The van der Waals surface area contributed by atoms with E-state index >= 15 is 0 Å². The van der Waals surface area contributed by atoms with Gasteiger partial charge in [0.2, 0.25) is 0 Å². The fourth-order valence-electron chi connectivity index (χ4n) is 1.54. The number of methoxy groups -OCH3 is 1. The first kappa shape index (κ1) is 14.3. The zero-order valence-corrected chi connectivity index (χ0v) is 10.4. The van der Waals surface area contributed by atoms with E-state index in [1.54, 1.807) is 7.11 Å². The molecule has 0 heterocycles. The van der Waals surface area contributed by atoms with Crippen molar-refractivity contribution in [2.24, 2.45) is 5.73 Å². The quantitative estimate of drug-likeness (QED) is 0.861. The number of rotatable bonds is 4. The number of nitrogens with two attached hydrogens (primary N) is 1. The maximum Gasteiger partial charge on any atom is 0.122 e. The van der Waals surface area contributed by atoms with Gasteiger partial charge in [0.25, 0.3) is 0 Å². The Morgan fingerprint density at radius 3 is 2.60 bits per heavy atom. The van der Waals surface area contributed by atoms with Crippen molar-refractivity contribution in [3.8, 4) is 5.75 Å². The number of hydrogen-bond donors (Lipinski definition) is 1. The van der Waals surface area contributed by atoms with E-state index in [-0.39, 0.29) is 18.4 Å². The summed E-state index contributed by atoms with van der Waals surface area (Å²) in [5.74, 6) is 0.925. The lowest BCUT2D eigenvalue weighted by Gasteiger charge is -2.13. The second-order valence-electron chi connectivity index (χ2n) is 3.62. The Labute approximate surface area is 98.2 Å². The number of benzene rings is 1. The van der Waals surface area contributed by atoms with Crippen molar-refractivity contribution in [3.05, 3.63) is 29.3 Å². The summed E-state index contributed by atoms with van der Waals surface area (Å²) in [6.45, 7) is 4.18. The van der Waals surface area contributed by atoms with Gasteiger partial charge in [0, 0.05) is 6.04 Å². The summed E-state index contributed by atoms with van der Waals surface area (Å²) in [7, 11) is 1.69. The van der Waals surface area contributed by atoms with Crippen LogP contribution < -0.4 is 10.5 Å². The summed E-state index contributed by atoms with van der Waals surface area (Å²) >= 11 is 0. The third kappa shape index (κ3) is 3.73. The van der Waals surface area contributed by atoms with E-state index in [4.69, 9.17) is 10.5 Å². The van der Waals surface area contributed by atoms with Gasteiger partial charge in [-0.05, 0) is 30.5 Å². The summed E-state index contributed by atoms with van der Waals surface area (Å²) in [6, 6.07) is 6.31. The maximum absolute atomic E-state index is 6.02. The van der Waals surface area contributed by atoms with Crippen LogP contribution in [0.4, 0.5) is 0 Å². The van der Waals surface area contributed by atoms with Gasteiger partial charge in [-0.2, -0.15) is 0 Å². The van der Waals surface area contributed by atoms with Gasteiger partial charge in [-0.3, -0.25) is 0 Å². The normalized spacial score (nSPS) is 11.7. The third-order valence-corrected chi connectivity index (χ3v) is 2.46. The van der Waals surface area contributed by atoms with E-state index in [2.05, 4.69) is 19.1 Å². The molecule has 0 saturated heterocycles. The van der Waals surface area contributed by atoms with Gasteiger partial charge in [0.05, 0.1) is 7.11 Å². The van der Waals surface area contributed by atoms with E-state index < -0.39 is 0 Å². The maximum atomic E-state index is 6.02. The lowest BCUT2D eigenvalue weighted by Crippen LogP contribution is -2.09. The predicted octanol–water partition coefficient (Wildman–Crippen LogP) is 3.23. The predicted molar refractivity (Wildman–Crippen MR) is 66.8 cm³/mol. The second-order valence-corrected chi connectivity index (χ2v) is 3.62. The molecule has 0 spiro atoms. The van der Waals surface area contributed by atoms with Gasteiger partial charge in [0.15, 0.2) is 0 Å². The lowest BCUT2D eigenvalue weighted by atomic mass is 10.0. The molecule has 15 heavy (non-hydrogen) atoms. The van der Waals surface area contributed by atoms with Gasteiger partial charge in [-0.1, -0.05) is 25.5 Å². The van der Waals surface area contributed by atoms with Crippen molar-refractivity contribution in [2.75, 3.05) is 7.11 Å². The number of aryl methyl sites for hydroxylation is 1. The van der Waals surface area contributed by atoms with E-state index in [1.807, 2.05) is 13.0 Å². The molecule has 2 N–H and O–H groups in total. The van der Waals surface area contributed by atoms with Gasteiger partial charge >= 0.3 is 0 Å². The molecular weight excluding hydrogens is 210 g/mol. The summed E-state index contributed by atoms with van der Waals surface area (Å²) in [5.41, 5.74) is 8.34. The molecule has 1 rings (SSSR count). The molecule has 0 amide bonds. The highest BCUT2D eigenvalue weighted by molar-refractivity contribution is 5.85. The van der Waals surface area contributed by atoms with E-state index in [9.17, 15) is 0 Å². The molecule has 0 unspecified atom stereocenters. The zero-order valence-electron chi connectivity index (χ0n) is 9.62. The first-order valence-corrected chi connectivity index (χ1v) is 5.09. The van der Waals surface area contributed by atoms with Crippen molar-refractivity contribution in [1.29, 1.82) is 0 Å². The van der Waals surface area contributed by atoms with Crippen LogP contribution in [0.25, 0.3) is 0 Å². The van der Waals surface area contributed by atoms with Crippen molar-refractivity contribution < 1.29 is 4.74 Å². The SMILES string of the molecule is CCC[C@@H](N)c1ccc(C)c(OC)c1.Cl. The molecule has 0 saturated carbocycles. The van der Waals surface area contributed by atoms with Crippen LogP contribution in [0.2, 0.25) is 0 Å². The molecule has 2 nitrogen and oxygen atoms in total. The summed E-state index contributed by atoms with van der Waals surface area (Å²) in [4.78, 5) is 0. The number of hydrogen-bond acceptors (Lipinski definition) is 2. The molecule has 1 atom stereocenters. The van der Waals surface area contributed by atoms with Crippen molar-refractivity contribution in [1.82, 2.24) is 0 Å². The van der Waals surface area contributed by atoms with Crippen LogP contribution in [-0.4, -0.2) is 7.11 Å². The Balaban J connectivity index is 0.00000196. The molecule has 1 aromatic rings. The van der Waals surface area contributed by atoms with Crippen LogP contribution in [0.15, 0.2) is 18.2 Å². The van der Waals surface area contributed by atoms with Crippen LogP contribution in [0.1, 0.15) is 36.9 Å². The number of ether oxygens (including phenoxy) is 1. The van der Waals surface area contributed by atoms with Crippen molar-refractivity contribution >= 4 is 12.4 Å². The average molecular weight is 230 g/mol. The van der Waals surface area contributed by atoms with Gasteiger partial charge in [0.1, 0.15) is 5.75 Å². The minimum absolute atomic E-state index is 0. The molecule has 0 aromatic heterocycles. The van der Waals surface area contributed by atoms with E-state index in [0.29, 0.717) is 0 Å². The molecule has 0 fully saturated rings. The molecule has 1 aromatic carbocycles. The van der Waals surface area contributed by atoms with E-state index in [1.165, 1.54) is 0 Å². The summed E-state index contributed by atoms with van der Waals surface area (Å²) in [5, 5.41) is 0. The van der Waals surface area contributed by atoms with E-state index in [0.717, 1.165) is 29.7 Å². The first-order chi connectivity index (χ1) is 6.69. The van der Waals surface area contributed by atoms with Crippen LogP contribution in [0.3, 0.4) is 0 Å². The standard InChI is InChI=1S/C12H19NO.ClH/c1-4-5-11(13)10-7-6-9(2)12(8-10)14-3;/h6-8,11H,4-5,13H2,1-3H3;1H/t11-;/m1./s1. The second kappa shape index (κ2) is 6.70. The molecule has 0 bridgehead atoms. The smallest absolute Gasteiger partial charge is 0.122 e. The monoisotopic (exact) mass is 229 g/mol. The van der Waals surface area contributed by atoms with Crippen LogP contribution in [0, 0.1) is 6.92 Å². The zero-order chi connectivity index (χ0) is 10.6. The average Bonchev–Trinajstić information content (AvgIpc) is 2.19. The minimum atomic E-state index is 0.